The van der Waals surface area contributed by atoms with Crippen LogP contribution in [0.2, 0.25) is 0 Å². The highest BCUT2D eigenvalue weighted by molar-refractivity contribution is 8.00. The van der Waals surface area contributed by atoms with E-state index in [4.69, 9.17) is 29.4 Å². The van der Waals surface area contributed by atoms with Gasteiger partial charge in [0.2, 0.25) is 100 Å². The van der Waals surface area contributed by atoms with Gasteiger partial charge in [-0.15, -0.1) is 24.1 Å². The number of aromatic amines is 1. The van der Waals surface area contributed by atoms with E-state index in [0.29, 0.717) is 57.8 Å². The Bertz CT molecular complexity index is 5470. The molecule has 3 aliphatic rings. The van der Waals surface area contributed by atoms with Crippen LogP contribution in [-0.2, 0) is 117 Å². The molecule has 0 radical (unpaired) electrons. The van der Waals surface area contributed by atoms with Crippen molar-refractivity contribution in [2.45, 2.75) is 280 Å². The maximum absolute atomic E-state index is 16.1. The topological polar surface area (TPSA) is 679 Å². The third-order valence-corrected chi connectivity index (χ3v) is 26.9. The number of terminal acetylenes is 1. The van der Waals surface area contributed by atoms with Crippen LogP contribution in [0.15, 0.2) is 85.2 Å². The summed E-state index contributed by atoms with van der Waals surface area (Å²) in [7, 11) is 3.85. The number of aromatic hydroxyl groups is 1. The molecule has 145 heavy (non-hydrogen) atoms. The number of unbranched alkanes of at least 4 members (excludes halogenated alkanes) is 2. The van der Waals surface area contributed by atoms with Crippen LogP contribution < -0.4 is 81.4 Å². The quantitative estimate of drug-likeness (QED) is 0.0207. The highest BCUT2D eigenvalue weighted by Gasteiger charge is 2.47. The predicted octanol–water partition coefficient (Wildman–Crippen LogP) is -2.02. The number of nitrogens with one attached hydrogen (secondary N) is 12. The Morgan fingerprint density at radius 2 is 1.12 bits per heavy atom. The molecule has 17 amide bonds. The molecule has 5 aromatic rings. The SMILES string of the molecule is C#CC[C@H](NC(=O)[C@H](CCCN)NC(=O)[C@@H]1CSCC(=O)N[C@@H](Cc2ccc(O)cc2)C(=O)N(C)[C@@H](C)C(=O)N[C@@H](CC(N)=O)C(=O)N2CCC[C@H]2C(=O)N[C@@H](CN)C(=O)N[C@@H](CC(C)C)C(=O)N2C[C@H](O)C[C@H]2C(=O)N[C@@H](Cc2c[nH]c3ccccc23)C(=O)N[C@@H](CCN)C(=O)N[C@@H](Cc2cn(CC(=O)O)c3ccccc23)C(=O)N(C)[C@@H](CCCC)C(=O)N(C)[C@@H](CCCC)C(=O)N[C@@H](CC(C)C)C(=O)N1)C(=O)O. The van der Waals surface area contributed by atoms with Crippen LogP contribution in [0.4, 0.5) is 0 Å². The maximum atomic E-state index is 16.1. The fraction of sp³-hybridized carbons (Fsp3) is 0.566. The molecule has 8 rings (SSSR count). The van der Waals surface area contributed by atoms with Gasteiger partial charge >= 0.3 is 11.9 Å². The van der Waals surface area contributed by atoms with Crippen LogP contribution >= 0.6 is 11.8 Å². The molecular weight excluding hydrogens is 1900 g/mol. The van der Waals surface area contributed by atoms with Gasteiger partial charge in [0.05, 0.1) is 18.3 Å². The molecule has 3 aliphatic heterocycles. The molecule has 0 bridgehead atoms. The van der Waals surface area contributed by atoms with Crippen molar-refractivity contribution in [2.24, 2.45) is 34.8 Å². The summed E-state index contributed by atoms with van der Waals surface area (Å²) >= 11 is 0.721. The number of benzene rings is 3. The Morgan fingerprint density at radius 1 is 0.559 bits per heavy atom. The molecule has 792 valence electrons. The molecule has 0 aliphatic carbocycles. The van der Waals surface area contributed by atoms with Gasteiger partial charge in [0.15, 0.2) is 0 Å². The number of para-hydroxylation sites is 2. The Balaban J connectivity index is 1.24. The van der Waals surface area contributed by atoms with E-state index in [1.54, 1.807) is 82.4 Å². The lowest BCUT2D eigenvalue weighted by Gasteiger charge is -2.36. The summed E-state index contributed by atoms with van der Waals surface area (Å²) in [6, 6.07) is -6.21. The fourth-order valence-electron chi connectivity index (χ4n) is 18.0. The molecule has 24 N–H and O–H groups in total. The van der Waals surface area contributed by atoms with E-state index in [0.717, 1.165) is 36.3 Å². The second-order valence-corrected chi connectivity index (χ2v) is 39.0. The highest BCUT2D eigenvalue weighted by atomic mass is 32.2. The number of aliphatic hydroxyl groups excluding tert-OH is 1. The number of likely N-dealkylation sites (N-methyl/N-ethyl adjacent to an activating group) is 3. The van der Waals surface area contributed by atoms with Gasteiger partial charge < -0.3 is 136 Å². The second kappa shape index (κ2) is 55.9. The minimum absolute atomic E-state index is 0.0313. The van der Waals surface area contributed by atoms with E-state index in [-0.39, 0.29) is 108 Å². The summed E-state index contributed by atoms with van der Waals surface area (Å²) in [5, 5.41) is 72.1. The van der Waals surface area contributed by atoms with Crippen molar-refractivity contribution in [3.8, 4) is 18.1 Å². The van der Waals surface area contributed by atoms with Gasteiger partial charge in [0.1, 0.15) is 109 Å². The van der Waals surface area contributed by atoms with Crippen molar-refractivity contribution >= 4 is 146 Å². The average molecular weight is 2040 g/mol. The first-order chi connectivity index (χ1) is 68.9. The number of amides is 17. The first-order valence-electron chi connectivity index (χ1n) is 49.0. The smallest absolute Gasteiger partial charge is 0.327 e. The van der Waals surface area contributed by atoms with E-state index in [2.05, 4.69) is 69.4 Å². The van der Waals surface area contributed by atoms with Crippen molar-refractivity contribution in [3.63, 3.8) is 0 Å². The van der Waals surface area contributed by atoms with E-state index >= 15 is 47.9 Å². The number of nitrogens with two attached hydrogens (primary N) is 4. The number of aliphatic hydroxyl groups is 1. The lowest BCUT2D eigenvalue weighted by molar-refractivity contribution is -0.149. The highest BCUT2D eigenvalue weighted by Crippen LogP contribution is 2.29. The molecule has 0 saturated carbocycles. The zero-order valence-electron chi connectivity index (χ0n) is 83.7. The molecule has 0 unspecified atom stereocenters. The van der Waals surface area contributed by atoms with Crippen molar-refractivity contribution in [1.82, 2.24) is 92.5 Å². The lowest BCUT2D eigenvalue weighted by atomic mass is 9.99. The number of H-pyrrole nitrogens is 1. The molecule has 45 nitrogen and oxygen atoms in total. The number of thioether (sulfide) groups is 1. The lowest BCUT2D eigenvalue weighted by Crippen LogP contribution is -2.62. The van der Waals surface area contributed by atoms with E-state index in [1.165, 1.54) is 63.1 Å². The number of phenols is 1. The number of rotatable bonds is 32. The van der Waals surface area contributed by atoms with E-state index < -0.39 is 278 Å². The number of hydrogen-bond donors (Lipinski definition) is 20. The maximum Gasteiger partial charge on any atom is 0.327 e. The molecule has 3 aromatic carbocycles. The van der Waals surface area contributed by atoms with Crippen LogP contribution in [-0.4, -0.2) is 335 Å². The monoisotopic (exact) mass is 2040 g/mol. The summed E-state index contributed by atoms with van der Waals surface area (Å²) < 4.78 is 1.43. The molecule has 2 aromatic heterocycles. The van der Waals surface area contributed by atoms with Gasteiger partial charge in [-0.05, 0) is 131 Å². The zero-order chi connectivity index (χ0) is 107. The van der Waals surface area contributed by atoms with Crippen molar-refractivity contribution < 1.29 is 112 Å². The second-order valence-electron chi connectivity index (χ2n) is 37.9. The number of fused-ring (bicyclic) bond motifs is 4. The Hall–Kier alpha value is -13.8. The molecule has 46 heteroatoms. The number of carbonyl (C=O) groups is 19. The largest absolute Gasteiger partial charge is 0.508 e. The molecule has 5 heterocycles. The normalized spacial score (nSPS) is 24.3. The van der Waals surface area contributed by atoms with Gasteiger partial charge in [-0.2, -0.15) is 0 Å². The molecular formula is C99H142N22O23S. The van der Waals surface area contributed by atoms with Crippen LogP contribution in [0.1, 0.15) is 168 Å². The first kappa shape index (κ1) is 116. The van der Waals surface area contributed by atoms with Gasteiger partial charge in [0, 0.05) is 113 Å². The minimum Gasteiger partial charge on any atom is -0.508 e. The number of nitrogens with zero attached hydrogens (tertiary/aromatic N) is 6. The molecule has 3 saturated heterocycles. The number of carbonyl (C=O) groups excluding carboxylic acids is 17. The Morgan fingerprint density at radius 3 is 1.75 bits per heavy atom. The molecule has 0 spiro atoms. The number of hydrogen-bond acceptors (Lipinski definition) is 25. The third-order valence-electron chi connectivity index (χ3n) is 25.9. The number of carboxylic acid groups (broad SMARTS) is 2. The molecule has 3 fully saturated rings. The predicted molar refractivity (Wildman–Crippen MR) is 536 cm³/mol. The minimum atomic E-state index is -1.80. The summed E-state index contributed by atoms with van der Waals surface area (Å²) in [4.78, 5) is 288. The summed E-state index contributed by atoms with van der Waals surface area (Å²) in [6.07, 6.45) is 5.24. The number of carboxylic acids is 2. The van der Waals surface area contributed by atoms with Crippen LogP contribution in [0.5, 0.6) is 5.75 Å². The van der Waals surface area contributed by atoms with Crippen LogP contribution in [0.25, 0.3) is 21.8 Å². The fourth-order valence-corrected chi connectivity index (χ4v) is 18.8. The van der Waals surface area contributed by atoms with Gasteiger partial charge in [-0.3, -0.25) is 86.3 Å². The summed E-state index contributed by atoms with van der Waals surface area (Å²) in [5.41, 5.74) is 26.3. The Kier molecular flexibility index (Phi) is 44.9. The van der Waals surface area contributed by atoms with Crippen molar-refractivity contribution in [1.29, 1.82) is 0 Å². The third kappa shape index (κ3) is 32.9. The van der Waals surface area contributed by atoms with Crippen molar-refractivity contribution in [3.05, 3.63) is 102 Å². The van der Waals surface area contributed by atoms with Gasteiger partial charge in [-0.25, -0.2) is 4.79 Å². The number of aromatic nitrogens is 2. The summed E-state index contributed by atoms with van der Waals surface area (Å²) in [6.45, 7) is 9.71. The van der Waals surface area contributed by atoms with Crippen LogP contribution in [0.3, 0.4) is 0 Å². The van der Waals surface area contributed by atoms with E-state index in [1.807, 2.05) is 13.8 Å². The van der Waals surface area contributed by atoms with Crippen molar-refractivity contribution in [2.75, 3.05) is 65.4 Å². The van der Waals surface area contributed by atoms with Gasteiger partial charge in [-0.1, -0.05) is 116 Å². The number of primary amides is 1. The number of aliphatic carboxylic acids is 2. The molecule has 17 atom stereocenters. The van der Waals surface area contributed by atoms with E-state index in [9.17, 15) is 63.6 Å². The first-order valence-corrected chi connectivity index (χ1v) is 50.2. The van der Waals surface area contributed by atoms with Gasteiger partial charge in [0.25, 0.3) is 0 Å². The standard InChI is InChI=1S/C99H142N22O23S/c1-12-15-28-77-91(135)109-68(40-54(4)5)87(131)115-75(90(134)106-65(27-21-37-100)85(129)108-67(23-14-3)99(143)144)52-145-53-82(125)105-71(42-57-32-34-60(122)35-33-57)94(138)116(9)56(8)84(128)111-73(46-81(103)124)96(140)120-39-22-31-78(120)92(136)114-74(47-102)89(133)112-70(41-55(6)7)97(141)121-50-61(123)45-80(121)93(137)110-69(43-58-48-104-64-26-19-17-24-62(58)64)88(132)107-66(36-38-101)86(130)113-72(95(139)118(11)79(29-16-13-2)98(142)117(77)10)44-59-49-119(51-83(126)127)76-30-20-18-25-63(59)76/h3,17-20,24-26,30,32-35,48-49,54-56,61,65-75,77-80,104,122-123H,12-13,15-16,21-23,27-29,31,36-47,50-53,100-102H2,1-2,4-11H3,(H2,103,124)(H,105,125)(H,106,134)(H,107,132)(H,108,129)(H,109,135)(H,110,137)(H,111,128)(H,112,133)(H,113,130)(H,114,136)(H,115,131)(H,126,127)(H,143,144)/t56-,61+,65-,66-,67-,68-,69-,70-,71-,72-,73-,74-,75-,77-,78-,79-,80-/m0/s1. The number of phenolic OH excluding ortho intramolecular Hbond substituents is 1. The zero-order valence-corrected chi connectivity index (χ0v) is 84.5. The summed E-state index contributed by atoms with van der Waals surface area (Å²) in [5.74, 6) is -19.1. The Labute approximate surface area is 845 Å². The average Bonchev–Trinajstić information content (AvgIpc) is 1.64. The van der Waals surface area contributed by atoms with Crippen LogP contribution in [0, 0.1) is 24.2 Å².